The fourth-order valence-electron chi connectivity index (χ4n) is 3.14. The first-order valence-electron chi connectivity index (χ1n) is 9.77. The van der Waals surface area contributed by atoms with Crippen LogP contribution in [0, 0.1) is 5.82 Å². The molecule has 0 bridgehead atoms. The summed E-state index contributed by atoms with van der Waals surface area (Å²) in [5, 5.41) is 6.89. The van der Waals surface area contributed by atoms with Gasteiger partial charge in [0.2, 0.25) is 5.89 Å². The number of nitrogens with two attached hydrogens (primary N) is 1. The van der Waals surface area contributed by atoms with E-state index in [1.54, 1.807) is 24.3 Å². The summed E-state index contributed by atoms with van der Waals surface area (Å²) < 4.78 is 35.0. The number of rotatable bonds is 6. The number of anilines is 2. The molecule has 3 aromatic heterocycles. The van der Waals surface area contributed by atoms with E-state index >= 15 is 0 Å². The van der Waals surface area contributed by atoms with Crippen LogP contribution in [-0.4, -0.2) is 36.3 Å². The van der Waals surface area contributed by atoms with E-state index in [1.165, 1.54) is 29.4 Å². The van der Waals surface area contributed by atoms with Gasteiger partial charge in [-0.3, -0.25) is 9.48 Å². The molecule has 1 aliphatic carbocycles. The number of hydrogen-bond acceptors (Lipinski definition) is 7. The van der Waals surface area contributed by atoms with Gasteiger partial charge < -0.3 is 15.5 Å². The summed E-state index contributed by atoms with van der Waals surface area (Å²) >= 11 is 0. The molecule has 0 unspecified atom stereocenters. The number of alkyl halides is 1. The molecule has 0 saturated heterocycles. The van der Waals surface area contributed by atoms with Crippen molar-refractivity contribution in [3.05, 3.63) is 60.4 Å². The zero-order chi connectivity index (χ0) is 22.3. The lowest BCUT2D eigenvalue weighted by Gasteiger charge is -2.09. The number of carbonyl (C=O) groups excluding carboxylic acids is 1. The van der Waals surface area contributed by atoms with Crippen molar-refractivity contribution in [1.82, 2.24) is 24.7 Å². The van der Waals surface area contributed by atoms with E-state index in [2.05, 4.69) is 25.4 Å². The third kappa shape index (κ3) is 3.68. The van der Waals surface area contributed by atoms with Gasteiger partial charge in [0.25, 0.3) is 5.91 Å². The quantitative estimate of drug-likeness (QED) is 0.474. The zero-order valence-corrected chi connectivity index (χ0v) is 16.6. The van der Waals surface area contributed by atoms with Crippen molar-refractivity contribution in [2.45, 2.75) is 25.1 Å². The fourth-order valence-corrected chi connectivity index (χ4v) is 3.14. The minimum Gasteiger partial charge on any atom is -0.443 e. The Balaban J connectivity index is 1.48. The number of benzene rings is 1. The van der Waals surface area contributed by atoms with Crippen molar-refractivity contribution < 1.29 is 18.0 Å². The Morgan fingerprint density at radius 1 is 1.28 bits per heavy atom. The van der Waals surface area contributed by atoms with Gasteiger partial charge in [-0.2, -0.15) is 5.10 Å². The number of nitrogens with one attached hydrogen (secondary N) is 1. The van der Waals surface area contributed by atoms with Crippen LogP contribution in [0.1, 0.15) is 18.4 Å². The Morgan fingerprint density at radius 2 is 2.09 bits per heavy atom. The molecule has 1 amide bonds. The number of halogens is 2. The van der Waals surface area contributed by atoms with Crippen LogP contribution >= 0.6 is 0 Å². The highest BCUT2D eigenvalue weighted by Gasteiger charge is 2.51. The van der Waals surface area contributed by atoms with E-state index in [0.717, 1.165) is 0 Å². The van der Waals surface area contributed by atoms with Crippen molar-refractivity contribution in [3.63, 3.8) is 0 Å². The molecule has 1 aliphatic rings. The van der Waals surface area contributed by atoms with Gasteiger partial charge in [-0.1, -0.05) is 18.2 Å². The summed E-state index contributed by atoms with van der Waals surface area (Å²) in [5.74, 6) is -0.712. The van der Waals surface area contributed by atoms with Crippen LogP contribution in [0.15, 0.2) is 53.4 Å². The summed E-state index contributed by atoms with van der Waals surface area (Å²) in [7, 11) is 0. The first-order chi connectivity index (χ1) is 15.4. The Labute approximate surface area is 180 Å². The van der Waals surface area contributed by atoms with Crippen LogP contribution in [0.3, 0.4) is 0 Å². The first-order valence-corrected chi connectivity index (χ1v) is 9.77. The molecule has 1 saturated carbocycles. The molecule has 1 aromatic carbocycles. The van der Waals surface area contributed by atoms with Gasteiger partial charge in [0.1, 0.15) is 29.2 Å². The van der Waals surface area contributed by atoms with Gasteiger partial charge in [0, 0.05) is 11.6 Å². The summed E-state index contributed by atoms with van der Waals surface area (Å²) in [6, 6.07) is 7.99. The summed E-state index contributed by atoms with van der Waals surface area (Å²) in [6.07, 6.45) is 4.56. The zero-order valence-electron chi connectivity index (χ0n) is 16.6. The van der Waals surface area contributed by atoms with Crippen LogP contribution in [0.2, 0.25) is 0 Å². The van der Waals surface area contributed by atoms with Gasteiger partial charge >= 0.3 is 0 Å². The van der Waals surface area contributed by atoms with Crippen LogP contribution in [-0.2, 0) is 11.3 Å². The van der Waals surface area contributed by atoms with E-state index in [4.69, 9.17) is 10.2 Å². The number of nitrogens with zero attached hydrogens (tertiary/aromatic N) is 5. The fraction of sp³-hybridized carbons (Fsp3) is 0.190. The summed E-state index contributed by atoms with van der Waals surface area (Å²) in [6.45, 7) is 0.118. The third-order valence-electron chi connectivity index (χ3n) is 5.10. The largest absolute Gasteiger partial charge is 0.443 e. The van der Waals surface area contributed by atoms with Crippen molar-refractivity contribution >= 4 is 17.4 Å². The van der Waals surface area contributed by atoms with Crippen LogP contribution in [0.5, 0.6) is 0 Å². The molecule has 0 spiro atoms. The molecule has 0 radical (unpaired) electrons. The van der Waals surface area contributed by atoms with Gasteiger partial charge in [0.05, 0.1) is 18.9 Å². The van der Waals surface area contributed by atoms with Crippen molar-refractivity contribution in [2.75, 3.05) is 11.1 Å². The molecule has 0 aliphatic heterocycles. The molecule has 9 nitrogen and oxygen atoms in total. The average molecular weight is 437 g/mol. The molecular weight excluding hydrogens is 420 g/mol. The van der Waals surface area contributed by atoms with Gasteiger partial charge in [-0.15, -0.1) is 0 Å². The maximum Gasteiger partial charge on any atom is 0.262 e. The van der Waals surface area contributed by atoms with Crippen molar-refractivity contribution in [2.24, 2.45) is 0 Å². The number of aromatic nitrogens is 5. The van der Waals surface area contributed by atoms with E-state index in [0.29, 0.717) is 17.0 Å². The molecule has 5 rings (SSSR count). The lowest BCUT2D eigenvalue weighted by molar-refractivity contribution is -0.122. The summed E-state index contributed by atoms with van der Waals surface area (Å²) in [5.41, 5.74) is 5.46. The van der Waals surface area contributed by atoms with E-state index in [1.807, 2.05) is 0 Å². The first kappa shape index (κ1) is 19.8. The Bertz CT molecular complexity index is 1300. The number of nitrogen functional groups attached to an aromatic ring is 1. The number of hydrogen-bond donors (Lipinski definition) is 2. The second-order valence-corrected chi connectivity index (χ2v) is 7.41. The minimum atomic E-state index is -1.85. The van der Waals surface area contributed by atoms with Crippen LogP contribution in [0.25, 0.3) is 23.1 Å². The predicted octanol–water partition coefficient (Wildman–Crippen LogP) is 3.21. The van der Waals surface area contributed by atoms with E-state index < -0.39 is 11.6 Å². The maximum atomic E-state index is 14.2. The Morgan fingerprint density at radius 3 is 2.78 bits per heavy atom. The minimum absolute atomic E-state index is 0.0334. The Hall–Kier alpha value is -4.15. The molecule has 11 heteroatoms. The van der Waals surface area contributed by atoms with Crippen LogP contribution < -0.4 is 11.1 Å². The third-order valence-corrected chi connectivity index (χ3v) is 5.10. The number of oxazole rings is 1. The Kier molecular flexibility index (Phi) is 4.65. The normalized spacial score (nSPS) is 14.3. The van der Waals surface area contributed by atoms with Gasteiger partial charge in [-0.05, 0) is 18.9 Å². The van der Waals surface area contributed by atoms with Gasteiger partial charge in [0.15, 0.2) is 17.3 Å². The number of carbonyl (C=O) groups is 1. The molecule has 3 N–H and O–H groups in total. The molecular formula is C21H17F2N7O2. The van der Waals surface area contributed by atoms with E-state index in [9.17, 15) is 13.6 Å². The molecule has 0 atom stereocenters. The standard InChI is InChI=1S/C21H17F2N7O2/c22-13-4-2-1-3-12(13)11-30-16(19-25-7-8-32-19)9-14(29-30)18-26-10-15(17(24)28-18)27-20(31)21(23)5-6-21/h1-4,7-10H,5-6,11H2,(H,27,31)(H2,24,26,28). The molecule has 162 valence electrons. The van der Waals surface area contributed by atoms with Gasteiger partial charge in [-0.25, -0.2) is 23.7 Å². The van der Waals surface area contributed by atoms with E-state index in [-0.39, 0.29) is 48.4 Å². The highest BCUT2D eigenvalue weighted by atomic mass is 19.1. The lowest BCUT2D eigenvalue weighted by Crippen LogP contribution is -2.26. The smallest absolute Gasteiger partial charge is 0.262 e. The number of amides is 1. The summed E-state index contributed by atoms with van der Waals surface area (Å²) in [4.78, 5) is 24.4. The molecule has 4 aromatic rings. The molecule has 32 heavy (non-hydrogen) atoms. The topological polar surface area (TPSA) is 125 Å². The second-order valence-electron chi connectivity index (χ2n) is 7.41. The SMILES string of the molecule is Nc1nc(-c2cc(-c3ncco3)n(Cc3ccccc3F)n2)ncc1NC(=O)C1(F)CC1. The molecule has 1 fully saturated rings. The lowest BCUT2D eigenvalue weighted by atomic mass is 10.2. The van der Waals surface area contributed by atoms with Crippen LogP contribution in [0.4, 0.5) is 20.3 Å². The maximum absolute atomic E-state index is 14.2. The highest BCUT2D eigenvalue weighted by Crippen LogP contribution is 2.41. The second kappa shape index (κ2) is 7.52. The highest BCUT2D eigenvalue weighted by molar-refractivity contribution is 6.00. The predicted molar refractivity (Wildman–Crippen MR) is 110 cm³/mol. The van der Waals surface area contributed by atoms with Crippen molar-refractivity contribution in [3.8, 4) is 23.1 Å². The monoisotopic (exact) mass is 437 g/mol. The van der Waals surface area contributed by atoms with Crippen molar-refractivity contribution in [1.29, 1.82) is 0 Å². The average Bonchev–Trinajstić information content (AvgIpc) is 3.17. The molecule has 3 heterocycles.